The van der Waals surface area contributed by atoms with E-state index in [1.807, 2.05) is 0 Å². The van der Waals surface area contributed by atoms with E-state index in [1.54, 1.807) is 0 Å². The summed E-state index contributed by atoms with van der Waals surface area (Å²) < 4.78 is 30.6. The molecule has 17 heavy (non-hydrogen) atoms. The van der Waals surface area contributed by atoms with Crippen LogP contribution >= 0.6 is 0 Å². The van der Waals surface area contributed by atoms with E-state index < -0.39 is 40.1 Å². The van der Waals surface area contributed by atoms with Gasteiger partial charge in [0.25, 0.3) is 5.91 Å². The van der Waals surface area contributed by atoms with Crippen molar-refractivity contribution < 1.29 is 23.1 Å². The van der Waals surface area contributed by atoms with E-state index in [2.05, 4.69) is 4.42 Å². The number of primary amides is 1. The molecule has 0 aliphatic carbocycles. The van der Waals surface area contributed by atoms with E-state index in [0.29, 0.717) is 6.07 Å². The number of carbonyl (C=O) groups is 1. The molecule has 5 nitrogen and oxygen atoms in total. The Morgan fingerprint density at radius 2 is 2.00 bits per heavy atom. The van der Waals surface area contributed by atoms with Gasteiger partial charge in [-0.05, 0) is 17.9 Å². The molecule has 0 saturated heterocycles. The number of hydrogen-bond donors (Lipinski definition) is 1. The van der Waals surface area contributed by atoms with Gasteiger partial charge < -0.3 is 15.3 Å². The molecule has 1 aromatic carbocycles. The Labute approximate surface area is 92.1 Å². The van der Waals surface area contributed by atoms with Gasteiger partial charge in [-0.25, -0.2) is 13.6 Å². The molecule has 2 rings (SSSR count). The predicted octanol–water partition coefficient (Wildman–Crippen LogP) is 0.244. The highest BCUT2D eigenvalue weighted by atomic mass is 19.1. The van der Waals surface area contributed by atoms with Crippen molar-refractivity contribution in [3.05, 3.63) is 39.8 Å². The SMILES string of the molecule is NC(=O)c1cc2cc(F)c([O-])c(F)c2oc1=O. The van der Waals surface area contributed by atoms with E-state index in [4.69, 9.17) is 5.73 Å². The van der Waals surface area contributed by atoms with Crippen molar-refractivity contribution in [3.8, 4) is 5.75 Å². The lowest BCUT2D eigenvalue weighted by atomic mass is 10.1. The van der Waals surface area contributed by atoms with Crippen LogP contribution in [0.15, 0.2) is 21.3 Å². The van der Waals surface area contributed by atoms with Crippen LogP contribution in [0.2, 0.25) is 0 Å². The fourth-order valence-electron chi connectivity index (χ4n) is 1.35. The molecule has 0 unspecified atom stereocenters. The van der Waals surface area contributed by atoms with Gasteiger partial charge in [-0.1, -0.05) is 0 Å². The topological polar surface area (TPSA) is 96.4 Å². The zero-order valence-corrected chi connectivity index (χ0v) is 8.12. The highest BCUT2D eigenvalue weighted by Gasteiger charge is 2.15. The lowest BCUT2D eigenvalue weighted by Crippen LogP contribution is -2.21. The first-order chi connectivity index (χ1) is 7.91. The Morgan fingerprint density at radius 1 is 1.35 bits per heavy atom. The molecule has 0 aliphatic heterocycles. The Balaban J connectivity index is 2.94. The third kappa shape index (κ3) is 1.61. The Kier molecular flexibility index (Phi) is 2.31. The first-order valence-corrected chi connectivity index (χ1v) is 4.34. The number of rotatable bonds is 1. The molecule has 0 fully saturated rings. The minimum atomic E-state index is -1.52. The first-order valence-electron chi connectivity index (χ1n) is 4.34. The van der Waals surface area contributed by atoms with Crippen LogP contribution in [0.4, 0.5) is 8.78 Å². The van der Waals surface area contributed by atoms with Crippen molar-refractivity contribution in [2.45, 2.75) is 0 Å². The normalized spacial score (nSPS) is 10.7. The fourth-order valence-corrected chi connectivity index (χ4v) is 1.35. The first kappa shape index (κ1) is 11.1. The molecule has 1 heterocycles. The molecular formula is C10H4F2NO4-. The lowest BCUT2D eigenvalue weighted by molar-refractivity contribution is -0.276. The Bertz CT molecular complexity index is 693. The molecule has 0 saturated carbocycles. The number of nitrogens with two attached hydrogens (primary N) is 1. The number of carbonyl (C=O) groups excluding carboxylic acids is 1. The predicted molar refractivity (Wildman–Crippen MR) is 50.4 cm³/mol. The third-order valence-electron chi connectivity index (χ3n) is 2.14. The monoisotopic (exact) mass is 240 g/mol. The maximum Gasteiger partial charge on any atom is 0.349 e. The molecule has 0 aliphatic rings. The summed E-state index contributed by atoms with van der Waals surface area (Å²) in [5.41, 5.74) is 2.43. The van der Waals surface area contributed by atoms with E-state index in [-0.39, 0.29) is 5.39 Å². The fraction of sp³-hybridized carbons (Fsp3) is 0. The van der Waals surface area contributed by atoms with E-state index >= 15 is 0 Å². The largest absolute Gasteiger partial charge is 0.868 e. The molecule has 2 aromatic rings. The summed E-state index contributed by atoms with van der Waals surface area (Å²) in [5.74, 6) is -5.47. The van der Waals surface area contributed by atoms with Crippen LogP contribution < -0.4 is 16.5 Å². The van der Waals surface area contributed by atoms with Gasteiger partial charge in [-0.3, -0.25) is 4.79 Å². The number of fused-ring (bicyclic) bond motifs is 1. The zero-order chi connectivity index (χ0) is 12.7. The molecule has 0 radical (unpaired) electrons. The van der Waals surface area contributed by atoms with Crippen LogP contribution in [0.3, 0.4) is 0 Å². The summed E-state index contributed by atoms with van der Waals surface area (Å²) in [4.78, 5) is 22.0. The van der Waals surface area contributed by atoms with Crippen LogP contribution in [-0.2, 0) is 0 Å². The third-order valence-corrected chi connectivity index (χ3v) is 2.14. The van der Waals surface area contributed by atoms with Crippen LogP contribution in [0.25, 0.3) is 11.0 Å². The number of hydrogen-bond acceptors (Lipinski definition) is 4. The summed E-state index contributed by atoms with van der Waals surface area (Å²) in [7, 11) is 0. The van der Waals surface area contributed by atoms with Crippen LogP contribution in [0.1, 0.15) is 10.4 Å². The standard InChI is InChI=1S/C10H5F2NO4/c11-5-2-3-1-4(9(13)15)10(16)17-8(3)6(12)7(5)14/h1-2,14H,(H2,13,15)/p-1. The minimum Gasteiger partial charge on any atom is -0.868 e. The summed E-state index contributed by atoms with van der Waals surface area (Å²) in [6, 6.07) is 1.53. The summed E-state index contributed by atoms with van der Waals surface area (Å²) >= 11 is 0. The minimum absolute atomic E-state index is 0.229. The number of halogens is 2. The van der Waals surface area contributed by atoms with Gasteiger partial charge in [0.15, 0.2) is 11.4 Å². The summed E-state index contributed by atoms with van der Waals surface area (Å²) in [6.45, 7) is 0. The lowest BCUT2D eigenvalue weighted by Gasteiger charge is -2.10. The molecular weight excluding hydrogens is 236 g/mol. The summed E-state index contributed by atoms with van der Waals surface area (Å²) in [5, 5.41) is 10.7. The second-order valence-corrected chi connectivity index (χ2v) is 3.23. The second kappa shape index (κ2) is 3.55. The quantitative estimate of drug-likeness (QED) is 0.722. The van der Waals surface area contributed by atoms with Gasteiger partial charge in [-0.2, -0.15) is 0 Å². The van der Waals surface area contributed by atoms with Gasteiger partial charge in [0, 0.05) is 5.39 Å². The Morgan fingerprint density at radius 3 is 2.59 bits per heavy atom. The zero-order valence-electron chi connectivity index (χ0n) is 8.12. The average Bonchev–Trinajstić information content (AvgIpc) is 2.26. The molecule has 0 bridgehead atoms. The van der Waals surface area contributed by atoms with Gasteiger partial charge in [0.1, 0.15) is 11.4 Å². The van der Waals surface area contributed by atoms with Gasteiger partial charge in [0.05, 0.1) is 0 Å². The van der Waals surface area contributed by atoms with E-state index in [0.717, 1.165) is 6.07 Å². The maximum absolute atomic E-state index is 13.3. The van der Waals surface area contributed by atoms with Crippen LogP contribution in [0.5, 0.6) is 5.75 Å². The van der Waals surface area contributed by atoms with Crippen molar-refractivity contribution in [2.75, 3.05) is 0 Å². The van der Waals surface area contributed by atoms with Crippen molar-refractivity contribution in [1.29, 1.82) is 0 Å². The Hall–Kier alpha value is -2.44. The van der Waals surface area contributed by atoms with Gasteiger partial charge in [-0.15, -0.1) is 0 Å². The molecule has 0 atom stereocenters. The summed E-state index contributed by atoms with van der Waals surface area (Å²) in [6.07, 6.45) is 0. The molecule has 1 aromatic heterocycles. The molecule has 2 N–H and O–H groups in total. The molecule has 1 amide bonds. The average molecular weight is 240 g/mol. The van der Waals surface area contributed by atoms with Gasteiger partial charge in [0.2, 0.25) is 0 Å². The maximum atomic E-state index is 13.3. The highest BCUT2D eigenvalue weighted by Crippen LogP contribution is 2.26. The number of amides is 1. The van der Waals surface area contributed by atoms with Crippen LogP contribution in [-0.4, -0.2) is 5.91 Å². The second-order valence-electron chi connectivity index (χ2n) is 3.23. The van der Waals surface area contributed by atoms with Crippen molar-refractivity contribution >= 4 is 16.9 Å². The van der Waals surface area contributed by atoms with Gasteiger partial charge >= 0.3 is 5.63 Å². The molecule has 0 spiro atoms. The van der Waals surface area contributed by atoms with Crippen molar-refractivity contribution in [2.24, 2.45) is 5.73 Å². The molecule has 7 heteroatoms. The van der Waals surface area contributed by atoms with Crippen molar-refractivity contribution in [1.82, 2.24) is 0 Å². The van der Waals surface area contributed by atoms with E-state index in [1.165, 1.54) is 0 Å². The van der Waals surface area contributed by atoms with Crippen molar-refractivity contribution in [3.63, 3.8) is 0 Å². The van der Waals surface area contributed by atoms with E-state index in [9.17, 15) is 23.5 Å². The highest BCUT2D eigenvalue weighted by molar-refractivity contribution is 5.95. The van der Waals surface area contributed by atoms with Crippen LogP contribution in [0, 0.1) is 11.6 Å². The smallest absolute Gasteiger partial charge is 0.349 e. The molecule has 88 valence electrons. The number of benzene rings is 1.